The predicted molar refractivity (Wildman–Crippen MR) is 64.5 cm³/mol. The average molecular weight is 270 g/mol. The van der Waals surface area contributed by atoms with E-state index < -0.39 is 24.3 Å². The Morgan fingerprint density at radius 3 is 3.00 bits per heavy atom. The molecule has 0 spiro atoms. The number of nitrogens with two attached hydrogens (primary N) is 1. The number of benzene rings is 1. The summed E-state index contributed by atoms with van der Waals surface area (Å²) in [6.45, 7) is 1.62. The van der Waals surface area contributed by atoms with Gasteiger partial charge in [-0.3, -0.25) is 0 Å². The number of ether oxygens (including phenoxy) is 2. The lowest BCUT2D eigenvalue weighted by atomic mass is 9.96. The van der Waals surface area contributed by atoms with Crippen molar-refractivity contribution in [1.82, 2.24) is 0 Å². The van der Waals surface area contributed by atoms with Crippen molar-refractivity contribution in [2.24, 2.45) is 5.73 Å². The van der Waals surface area contributed by atoms with Crippen LogP contribution >= 0.6 is 11.6 Å². The molecule has 1 heterocycles. The number of halogens is 1. The van der Waals surface area contributed by atoms with E-state index in [0.717, 1.165) is 5.56 Å². The second-order valence-electron chi connectivity index (χ2n) is 4.06. The summed E-state index contributed by atoms with van der Waals surface area (Å²) >= 11 is 5.94. The lowest BCUT2D eigenvalue weighted by Gasteiger charge is -2.28. The fourth-order valence-corrected chi connectivity index (χ4v) is 2.21. The van der Waals surface area contributed by atoms with Crippen molar-refractivity contribution in [1.29, 1.82) is 0 Å². The van der Waals surface area contributed by atoms with Crippen molar-refractivity contribution >= 4 is 23.7 Å². The highest BCUT2D eigenvalue weighted by molar-refractivity contribution is 6.33. The smallest absolute Gasteiger partial charge is 0.404 e. The molecule has 2 atom stereocenters. The fourth-order valence-electron chi connectivity index (χ4n) is 1.94. The molecule has 1 aromatic rings. The molecular weight excluding hydrogens is 258 g/mol. The van der Waals surface area contributed by atoms with Crippen molar-refractivity contribution in [2.75, 3.05) is 0 Å². The molecule has 1 aliphatic rings. The number of carbonyl (C=O) groups is 2. The topological polar surface area (TPSA) is 78.6 Å². The van der Waals surface area contributed by atoms with Gasteiger partial charge in [0, 0.05) is 6.42 Å². The Morgan fingerprint density at radius 2 is 2.33 bits per heavy atom. The van der Waals surface area contributed by atoms with Gasteiger partial charge in [-0.2, -0.15) is 0 Å². The number of rotatable bonds is 2. The number of primary amides is 1. The lowest BCUT2D eigenvalue weighted by Crippen LogP contribution is -2.39. The standard InChI is InChI=1S/C12H12ClNO4/c1-6(17-12(14)16)9-5-7-3-2-4-8(13)10(7)11(15)18-9/h2-4,6,9H,5H2,1H3,(H2,14,16)/t6-,9?/m0/s1. The van der Waals surface area contributed by atoms with Gasteiger partial charge < -0.3 is 15.2 Å². The Balaban J connectivity index is 2.23. The van der Waals surface area contributed by atoms with E-state index in [1.54, 1.807) is 25.1 Å². The summed E-state index contributed by atoms with van der Waals surface area (Å²) in [6.07, 6.45) is -1.60. The highest BCUT2D eigenvalue weighted by atomic mass is 35.5. The van der Waals surface area contributed by atoms with E-state index >= 15 is 0 Å². The second kappa shape index (κ2) is 4.86. The Morgan fingerprint density at radius 1 is 1.61 bits per heavy atom. The normalized spacial score (nSPS) is 19.7. The van der Waals surface area contributed by atoms with Crippen LogP contribution in [0, 0.1) is 0 Å². The molecule has 0 saturated heterocycles. The van der Waals surface area contributed by atoms with E-state index in [-0.39, 0.29) is 0 Å². The summed E-state index contributed by atoms with van der Waals surface area (Å²) in [7, 11) is 0. The summed E-state index contributed by atoms with van der Waals surface area (Å²) in [5.41, 5.74) is 6.09. The minimum absolute atomic E-state index is 0.361. The van der Waals surface area contributed by atoms with Gasteiger partial charge in [0.15, 0.2) is 0 Å². The molecule has 0 bridgehead atoms. The lowest BCUT2D eigenvalue weighted by molar-refractivity contribution is -0.0216. The van der Waals surface area contributed by atoms with Crippen LogP contribution < -0.4 is 5.73 Å². The monoisotopic (exact) mass is 269 g/mol. The molecule has 5 nitrogen and oxygen atoms in total. The number of hydrogen-bond donors (Lipinski definition) is 1. The van der Waals surface area contributed by atoms with Gasteiger partial charge >= 0.3 is 12.1 Å². The minimum atomic E-state index is -0.893. The van der Waals surface area contributed by atoms with E-state index in [2.05, 4.69) is 0 Å². The number of cyclic esters (lactones) is 1. The van der Waals surface area contributed by atoms with Gasteiger partial charge in [0.25, 0.3) is 0 Å². The molecule has 1 amide bonds. The summed E-state index contributed by atoms with van der Waals surface area (Å²) in [5, 5.41) is 0.361. The molecule has 0 aliphatic carbocycles. The first kappa shape index (κ1) is 12.7. The highest BCUT2D eigenvalue weighted by Gasteiger charge is 2.32. The zero-order chi connectivity index (χ0) is 13.3. The van der Waals surface area contributed by atoms with Crippen molar-refractivity contribution in [3.63, 3.8) is 0 Å². The van der Waals surface area contributed by atoms with Crippen LogP contribution in [0.25, 0.3) is 0 Å². The quantitative estimate of drug-likeness (QED) is 0.832. The van der Waals surface area contributed by atoms with Gasteiger partial charge in [0.2, 0.25) is 0 Å². The number of hydrogen-bond acceptors (Lipinski definition) is 4. The maximum Gasteiger partial charge on any atom is 0.404 e. The molecule has 0 aromatic heterocycles. The van der Waals surface area contributed by atoms with Crippen molar-refractivity contribution < 1.29 is 19.1 Å². The van der Waals surface area contributed by atoms with E-state index in [0.29, 0.717) is 17.0 Å². The Bertz CT molecular complexity index is 503. The molecule has 6 heteroatoms. The molecule has 2 rings (SSSR count). The SMILES string of the molecule is C[C@H](OC(N)=O)C1Cc2cccc(Cl)c2C(=O)O1. The second-order valence-corrected chi connectivity index (χ2v) is 4.47. The van der Waals surface area contributed by atoms with Crippen LogP contribution in [0.3, 0.4) is 0 Å². The molecule has 96 valence electrons. The third-order valence-electron chi connectivity index (χ3n) is 2.81. The molecular formula is C12H12ClNO4. The molecule has 0 fully saturated rings. The number of esters is 1. The molecule has 1 aromatic carbocycles. The van der Waals surface area contributed by atoms with E-state index in [9.17, 15) is 9.59 Å². The summed E-state index contributed by atoms with van der Waals surface area (Å²) in [4.78, 5) is 22.5. The van der Waals surface area contributed by atoms with E-state index in [4.69, 9.17) is 26.8 Å². The molecule has 1 aliphatic heterocycles. The molecule has 2 N–H and O–H groups in total. The summed E-state index contributed by atoms with van der Waals surface area (Å²) in [6, 6.07) is 5.19. The Hall–Kier alpha value is -1.75. The number of fused-ring (bicyclic) bond motifs is 1. The molecule has 0 saturated carbocycles. The third-order valence-corrected chi connectivity index (χ3v) is 3.12. The van der Waals surface area contributed by atoms with Gasteiger partial charge in [-0.15, -0.1) is 0 Å². The maximum absolute atomic E-state index is 11.8. The Kier molecular flexibility index (Phi) is 3.43. The molecule has 1 unspecified atom stereocenters. The number of amides is 1. The van der Waals surface area contributed by atoms with Gasteiger partial charge in [0.1, 0.15) is 12.2 Å². The van der Waals surface area contributed by atoms with Gasteiger partial charge in [-0.1, -0.05) is 23.7 Å². The third kappa shape index (κ3) is 2.41. The van der Waals surface area contributed by atoms with Gasteiger partial charge in [-0.25, -0.2) is 9.59 Å². The van der Waals surface area contributed by atoms with Gasteiger partial charge in [0.05, 0.1) is 10.6 Å². The zero-order valence-corrected chi connectivity index (χ0v) is 10.4. The number of carbonyl (C=O) groups excluding carboxylic acids is 2. The first-order valence-corrected chi connectivity index (χ1v) is 5.81. The highest BCUT2D eigenvalue weighted by Crippen LogP contribution is 2.28. The minimum Gasteiger partial charge on any atom is -0.454 e. The average Bonchev–Trinajstić information content (AvgIpc) is 2.27. The largest absolute Gasteiger partial charge is 0.454 e. The van der Waals surface area contributed by atoms with Crippen molar-refractivity contribution in [2.45, 2.75) is 25.6 Å². The van der Waals surface area contributed by atoms with E-state index in [1.807, 2.05) is 0 Å². The van der Waals surface area contributed by atoms with Crippen LogP contribution in [0.4, 0.5) is 4.79 Å². The van der Waals surface area contributed by atoms with Crippen LogP contribution in [0.5, 0.6) is 0 Å². The first-order chi connectivity index (χ1) is 8.49. The Labute approximate surface area is 109 Å². The van der Waals surface area contributed by atoms with Crippen LogP contribution in [0.2, 0.25) is 5.02 Å². The maximum atomic E-state index is 11.8. The van der Waals surface area contributed by atoms with Crippen molar-refractivity contribution in [3.8, 4) is 0 Å². The first-order valence-electron chi connectivity index (χ1n) is 5.43. The summed E-state index contributed by atoms with van der Waals surface area (Å²) < 4.78 is 10.0. The van der Waals surface area contributed by atoms with Crippen molar-refractivity contribution in [3.05, 3.63) is 34.3 Å². The predicted octanol–water partition coefficient (Wildman–Crippen LogP) is 1.91. The van der Waals surface area contributed by atoms with Crippen LogP contribution in [-0.4, -0.2) is 24.3 Å². The summed E-state index contributed by atoms with van der Waals surface area (Å²) in [5.74, 6) is -0.508. The molecule has 0 radical (unpaired) electrons. The van der Waals surface area contributed by atoms with Crippen LogP contribution in [-0.2, 0) is 15.9 Å². The fraction of sp³-hybridized carbons (Fsp3) is 0.333. The zero-order valence-electron chi connectivity index (χ0n) is 9.68. The van der Waals surface area contributed by atoms with Crippen LogP contribution in [0.1, 0.15) is 22.8 Å². The van der Waals surface area contributed by atoms with E-state index in [1.165, 1.54) is 0 Å². The van der Waals surface area contributed by atoms with Crippen LogP contribution in [0.15, 0.2) is 18.2 Å². The molecule has 18 heavy (non-hydrogen) atoms. The van der Waals surface area contributed by atoms with Gasteiger partial charge in [-0.05, 0) is 18.6 Å².